The normalized spacial score (nSPS) is 30.1. The number of methoxy groups -OCH3 is 1. The zero-order chi connectivity index (χ0) is 21.8. The van der Waals surface area contributed by atoms with Gasteiger partial charge in [0.15, 0.2) is 6.29 Å². The number of fused-ring (bicyclic) bond motifs is 1. The Kier molecular flexibility index (Phi) is 6.68. The summed E-state index contributed by atoms with van der Waals surface area (Å²) >= 11 is 0. The Hall–Kier alpha value is -2.70. The van der Waals surface area contributed by atoms with E-state index in [1.807, 2.05) is 36.4 Å². The van der Waals surface area contributed by atoms with Gasteiger partial charge >= 0.3 is 5.97 Å². The van der Waals surface area contributed by atoms with Crippen LogP contribution in [0.15, 0.2) is 60.7 Å². The first kappa shape index (κ1) is 21.5. The molecule has 4 rings (SSSR count). The van der Waals surface area contributed by atoms with Crippen molar-refractivity contribution in [2.75, 3.05) is 7.11 Å². The van der Waals surface area contributed by atoms with Crippen LogP contribution in [0.5, 0.6) is 0 Å². The first-order chi connectivity index (χ1) is 15.1. The molecule has 1 saturated carbocycles. The number of nitrogens with one attached hydrogen (secondary N) is 1. The lowest BCUT2D eigenvalue weighted by Gasteiger charge is -2.49. The summed E-state index contributed by atoms with van der Waals surface area (Å²) in [6.07, 6.45) is 1.36. The fraction of sp³-hybridized carbons (Fsp3) is 0.440. The second-order valence-corrected chi connectivity index (χ2v) is 8.30. The van der Waals surface area contributed by atoms with Gasteiger partial charge in [-0.15, -0.1) is 0 Å². The number of esters is 1. The Morgan fingerprint density at radius 2 is 1.68 bits per heavy atom. The van der Waals surface area contributed by atoms with Gasteiger partial charge in [-0.05, 0) is 42.9 Å². The van der Waals surface area contributed by atoms with E-state index in [4.69, 9.17) is 14.2 Å². The van der Waals surface area contributed by atoms with Crippen molar-refractivity contribution in [1.29, 1.82) is 0 Å². The van der Waals surface area contributed by atoms with Gasteiger partial charge in [-0.2, -0.15) is 0 Å². The molecule has 2 fully saturated rings. The van der Waals surface area contributed by atoms with Gasteiger partial charge in [0.05, 0.1) is 6.10 Å². The highest BCUT2D eigenvalue weighted by Crippen LogP contribution is 2.44. The van der Waals surface area contributed by atoms with Gasteiger partial charge in [-0.25, -0.2) is 0 Å². The van der Waals surface area contributed by atoms with Crippen molar-refractivity contribution in [2.24, 2.45) is 5.92 Å². The minimum absolute atomic E-state index is 0.0321. The van der Waals surface area contributed by atoms with Crippen LogP contribution in [-0.2, 0) is 19.0 Å². The predicted octanol–water partition coefficient (Wildman–Crippen LogP) is 3.67. The third-order valence-electron chi connectivity index (χ3n) is 6.35. The van der Waals surface area contributed by atoms with Crippen LogP contribution in [-0.4, -0.2) is 43.5 Å². The largest absolute Gasteiger partial charge is 0.460 e. The number of amides is 1. The van der Waals surface area contributed by atoms with Gasteiger partial charge in [-0.3, -0.25) is 9.59 Å². The first-order valence-electron chi connectivity index (χ1n) is 10.8. The lowest BCUT2D eigenvalue weighted by molar-refractivity contribution is -0.253. The fourth-order valence-corrected chi connectivity index (χ4v) is 4.93. The van der Waals surface area contributed by atoms with Gasteiger partial charge in [0, 0.05) is 25.5 Å². The molecular formula is C25H29NO5. The van der Waals surface area contributed by atoms with E-state index in [0.717, 1.165) is 19.3 Å². The molecule has 1 amide bonds. The Balaban J connectivity index is 1.60. The molecule has 6 nitrogen and oxygen atoms in total. The molecule has 2 aromatic carbocycles. The van der Waals surface area contributed by atoms with Gasteiger partial charge in [0.2, 0.25) is 0 Å². The maximum Gasteiger partial charge on any atom is 0.302 e. The molecule has 6 atom stereocenters. The third kappa shape index (κ3) is 4.81. The number of carbonyl (C=O) groups is 2. The minimum Gasteiger partial charge on any atom is -0.460 e. The third-order valence-corrected chi connectivity index (χ3v) is 6.35. The second kappa shape index (κ2) is 9.62. The molecule has 0 aromatic heterocycles. The van der Waals surface area contributed by atoms with E-state index in [0.29, 0.717) is 11.5 Å². The number of hydrogen-bond acceptors (Lipinski definition) is 5. The van der Waals surface area contributed by atoms with Crippen molar-refractivity contribution >= 4 is 11.9 Å². The molecule has 1 saturated heterocycles. The van der Waals surface area contributed by atoms with Crippen LogP contribution in [0.1, 0.15) is 48.0 Å². The topological polar surface area (TPSA) is 73.9 Å². The number of carbonyl (C=O) groups excluding carboxylic acids is 2. The predicted molar refractivity (Wildman–Crippen MR) is 115 cm³/mol. The van der Waals surface area contributed by atoms with E-state index < -0.39 is 18.4 Å². The quantitative estimate of drug-likeness (QED) is 0.743. The summed E-state index contributed by atoms with van der Waals surface area (Å²) in [4.78, 5) is 24.9. The number of benzene rings is 2. The van der Waals surface area contributed by atoms with E-state index in [2.05, 4.69) is 17.4 Å². The van der Waals surface area contributed by atoms with Gasteiger partial charge in [0.25, 0.3) is 5.91 Å². The van der Waals surface area contributed by atoms with Gasteiger partial charge in [0.1, 0.15) is 12.1 Å². The van der Waals surface area contributed by atoms with E-state index in [-0.39, 0.29) is 23.9 Å². The Labute approximate surface area is 182 Å². The van der Waals surface area contributed by atoms with Crippen molar-refractivity contribution in [3.05, 3.63) is 71.8 Å². The Morgan fingerprint density at radius 3 is 2.32 bits per heavy atom. The smallest absolute Gasteiger partial charge is 0.302 e. The van der Waals surface area contributed by atoms with Crippen molar-refractivity contribution in [3.63, 3.8) is 0 Å². The summed E-state index contributed by atoms with van der Waals surface area (Å²) in [6, 6.07) is 18.8. The summed E-state index contributed by atoms with van der Waals surface area (Å²) in [5.74, 6) is -0.299. The molecule has 1 aliphatic heterocycles. The summed E-state index contributed by atoms with van der Waals surface area (Å²) in [7, 11) is 1.55. The van der Waals surface area contributed by atoms with Crippen LogP contribution in [0.25, 0.3) is 0 Å². The van der Waals surface area contributed by atoms with E-state index in [1.54, 1.807) is 19.2 Å². The van der Waals surface area contributed by atoms with E-state index in [1.165, 1.54) is 12.5 Å². The molecule has 164 valence electrons. The van der Waals surface area contributed by atoms with Crippen LogP contribution < -0.4 is 5.32 Å². The van der Waals surface area contributed by atoms with Gasteiger partial charge < -0.3 is 19.5 Å². The van der Waals surface area contributed by atoms with Gasteiger partial charge in [-0.1, -0.05) is 48.5 Å². The molecule has 0 bridgehead atoms. The van der Waals surface area contributed by atoms with Crippen LogP contribution in [0, 0.1) is 5.92 Å². The van der Waals surface area contributed by atoms with Crippen LogP contribution >= 0.6 is 0 Å². The highest BCUT2D eigenvalue weighted by Gasteiger charge is 2.50. The molecule has 2 aliphatic rings. The lowest BCUT2D eigenvalue weighted by Crippen LogP contribution is -2.63. The first-order valence-corrected chi connectivity index (χ1v) is 10.8. The summed E-state index contributed by atoms with van der Waals surface area (Å²) in [5.41, 5.74) is 1.81. The molecule has 0 spiro atoms. The van der Waals surface area contributed by atoms with Crippen molar-refractivity contribution in [3.8, 4) is 0 Å². The number of rotatable bonds is 5. The molecule has 1 N–H and O–H groups in total. The monoisotopic (exact) mass is 423 g/mol. The Morgan fingerprint density at radius 1 is 1.00 bits per heavy atom. The lowest BCUT2D eigenvalue weighted by atomic mass is 9.71. The zero-order valence-corrected chi connectivity index (χ0v) is 17.9. The second-order valence-electron chi connectivity index (χ2n) is 8.30. The highest BCUT2D eigenvalue weighted by atomic mass is 16.7. The fourth-order valence-electron chi connectivity index (χ4n) is 4.93. The molecule has 6 heteroatoms. The maximum atomic E-state index is 12.9. The molecule has 0 radical (unpaired) electrons. The summed E-state index contributed by atoms with van der Waals surface area (Å²) in [5, 5.41) is 3.01. The molecule has 1 heterocycles. The van der Waals surface area contributed by atoms with Crippen molar-refractivity contribution in [2.45, 2.75) is 56.6 Å². The van der Waals surface area contributed by atoms with E-state index in [9.17, 15) is 9.59 Å². The summed E-state index contributed by atoms with van der Waals surface area (Å²) < 4.78 is 17.7. The van der Waals surface area contributed by atoms with Crippen LogP contribution in [0.3, 0.4) is 0 Å². The van der Waals surface area contributed by atoms with Crippen molar-refractivity contribution in [1.82, 2.24) is 5.32 Å². The number of hydrogen-bond donors (Lipinski definition) is 1. The molecule has 2 aromatic rings. The minimum atomic E-state index is -0.688. The summed E-state index contributed by atoms with van der Waals surface area (Å²) in [6.45, 7) is 1.40. The van der Waals surface area contributed by atoms with Crippen molar-refractivity contribution < 1.29 is 23.8 Å². The average Bonchev–Trinajstić information content (AvgIpc) is 2.80. The number of ether oxygens (including phenoxy) is 3. The molecule has 1 aliphatic carbocycles. The van der Waals surface area contributed by atoms with Crippen LogP contribution in [0.2, 0.25) is 0 Å². The SMILES string of the molecule is CO[C@@H]1O[C@@H]2CC[C@H](c3ccccc3)C[C@H]2[C@H](OC(C)=O)[C@H]1NC(=O)c1ccccc1. The molecule has 0 unspecified atom stereocenters. The molecular weight excluding hydrogens is 394 g/mol. The Bertz CT molecular complexity index is 887. The maximum absolute atomic E-state index is 12.9. The molecule has 31 heavy (non-hydrogen) atoms. The highest BCUT2D eigenvalue weighted by molar-refractivity contribution is 5.94. The van der Waals surface area contributed by atoms with Crippen LogP contribution in [0.4, 0.5) is 0 Å². The van der Waals surface area contributed by atoms with E-state index >= 15 is 0 Å². The standard InChI is InChI=1S/C25H29NO5/c1-16(27)30-23-20-15-19(17-9-5-3-6-10-17)13-14-21(20)31-25(29-2)22(23)26-24(28)18-11-7-4-8-12-18/h3-12,19-23,25H,13-15H2,1-2H3,(H,26,28)/t19-,20+,21+,22+,23-,25+/m0/s1. The average molecular weight is 424 g/mol. The zero-order valence-electron chi connectivity index (χ0n) is 17.9.